The highest BCUT2D eigenvalue weighted by Crippen LogP contribution is 2.28. The Morgan fingerprint density at radius 2 is 2.38 bits per heavy atom. The minimum Gasteiger partial charge on any atom is -0.467 e. The number of anilines is 1. The van der Waals surface area contributed by atoms with Crippen LogP contribution in [0.2, 0.25) is 5.02 Å². The summed E-state index contributed by atoms with van der Waals surface area (Å²) in [6, 6.07) is 0.373. The highest BCUT2D eigenvalue weighted by Gasteiger charge is 2.20. The van der Waals surface area contributed by atoms with Gasteiger partial charge in [-0.3, -0.25) is 0 Å². The molecule has 5 heteroatoms. The van der Waals surface area contributed by atoms with Crippen LogP contribution in [0.15, 0.2) is 6.20 Å². The first kappa shape index (κ1) is 11.5. The second-order valence-electron chi connectivity index (χ2n) is 4.22. The molecule has 0 saturated carbocycles. The molecule has 2 rings (SSSR count). The average Bonchev–Trinajstić information content (AvgIpc) is 2.30. The summed E-state index contributed by atoms with van der Waals surface area (Å²) in [7, 11) is 1.56. The number of piperidine rings is 1. The molecule has 1 aliphatic rings. The molecule has 16 heavy (non-hydrogen) atoms. The lowest BCUT2D eigenvalue weighted by molar-refractivity contribution is 0.378. The second-order valence-corrected chi connectivity index (χ2v) is 4.63. The van der Waals surface area contributed by atoms with E-state index in [0.29, 0.717) is 17.0 Å². The lowest BCUT2D eigenvalue weighted by Crippen LogP contribution is -2.35. The van der Waals surface area contributed by atoms with Crippen molar-refractivity contribution in [1.29, 1.82) is 0 Å². The molecule has 1 aromatic rings. The Morgan fingerprint density at radius 1 is 1.56 bits per heavy atom. The summed E-state index contributed by atoms with van der Waals surface area (Å²) < 4.78 is 5.02. The quantitative estimate of drug-likeness (QED) is 0.797. The first-order valence-electron chi connectivity index (χ1n) is 5.52. The van der Waals surface area contributed by atoms with Crippen molar-refractivity contribution in [2.75, 3.05) is 25.1 Å². The first-order valence-corrected chi connectivity index (χ1v) is 5.90. The Morgan fingerprint density at radius 3 is 3.06 bits per heavy atom. The molecule has 0 bridgehead atoms. The van der Waals surface area contributed by atoms with E-state index in [-0.39, 0.29) is 0 Å². The van der Waals surface area contributed by atoms with Crippen LogP contribution in [0.4, 0.5) is 5.82 Å². The van der Waals surface area contributed by atoms with Crippen LogP contribution in [0.1, 0.15) is 19.8 Å². The van der Waals surface area contributed by atoms with Crippen molar-refractivity contribution in [3.05, 3.63) is 11.2 Å². The molecule has 0 radical (unpaired) electrons. The number of ether oxygens (including phenoxy) is 1. The van der Waals surface area contributed by atoms with Crippen LogP contribution in [-0.4, -0.2) is 30.2 Å². The molecule has 1 fully saturated rings. The van der Waals surface area contributed by atoms with E-state index in [0.717, 1.165) is 18.9 Å². The SMILES string of the molecule is COc1ncc(Cl)c(N2CCCC(C)C2)n1. The topological polar surface area (TPSA) is 38.2 Å². The summed E-state index contributed by atoms with van der Waals surface area (Å²) in [5, 5.41) is 0.593. The highest BCUT2D eigenvalue weighted by atomic mass is 35.5. The van der Waals surface area contributed by atoms with Gasteiger partial charge in [0.2, 0.25) is 0 Å². The van der Waals surface area contributed by atoms with E-state index >= 15 is 0 Å². The fourth-order valence-electron chi connectivity index (χ4n) is 2.04. The summed E-state index contributed by atoms with van der Waals surface area (Å²) >= 11 is 6.11. The summed E-state index contributed by atoms with van der Waals surface area (Å²) in [5.74, 6) is 1.48. The minimum atomic E-state index is 0.373. The molecule has 1 saturated heterocycles. The molecule has 0 spiro atoms. The maximum Gasteiger partial charge on any atom is 0.318 e. The molecule has 0 amide bonds. The molecule has 4 nitrogen and oxygen atoms in total. The van der Waals surface area contributed by atoms with E-state index in [1.165, 1.54) is 12.8 Å². The first-order chi connectivity index (χ1) is 7.70. The molecule has 1 atom stereocenters. The number of hydrogen-bond donors (Lipinski definition) is 0. The molecule has 1 aliphatic heterocycles. The van der Waals surface area contributed by atoms with Crippen LogP contribution < -0.4 is 9.64 Å². The van der Waals surface area contributed by atoms with E-state index in [9.17, 15) is 0 Å². The number of methoxy groups -OCH3 is 1. The van der Waals surface area contributed by atoms with Gasteiger partial charge in [0.05, 0.1) is 13.3 Å². The molecular formula is C11H16ClN3O. The Hall–Kier alpha value is -1.03. The van der Waals surface area contributed by atoms with Gasteiger partial charge >= 0.3 is 6.01 Å². The van der Waals surface area contributed by atoms with Crippen molar-refractivity contribution in [3.8, 4) is 6.01 Å². The predicted octanol–water partition coefficient (Wildman–Crippen LogP) is 2.37. The van der Waals surface area contributed by atoms with Crippen LogP contribution in [-0.2, 0) is 0 Å². The van der Waals surface area contributed by atoms with Crippen molar-refractivity contribution in [1.82, 2.24) is 9.97 Å². The van der Waals surface area contributed by atoms with Gasteiger partial charge in [0.15, 0.2) is 5.82 Å². The summed E-state index contributed by atoms with van der Waals surface area (Å²) in [5.41, 5.74) is 0. The van der Waals surface area contributed by atoms with Crippen molar-refractivity contribution < 1.29 is 4.74 Å². The number of rotatable bonds is 2. The Bertz CT molecular complexity index is 372. The van der Waals surface area contributed by atoms with Crippen LogP contribution in [0.25, 0.3) is 0 Å². The molecule has 88 valence electrons. The van der Waals surface area contributed by atoms with Crippen molar-refractivity contribution in [2.24, 2.45) is 5.92 Å². The van der Waals surface area contributed by atoms with Gasteiger partial charge in [-0.05, 0) is 18.8 Å². The van der Waals surface area contributed by atoms with Crippen molar-refractivity contribution >= 4 is 17.4 Å². The summed E-state index contributed by atoms with van der Waals surface area (Å²) in [6.07, 6.45) is 4.06. The molecule has 1 unspecified atom stereocenters. The third-order valence-electron chi connectivity index (χ3n) is 2.84. The normalized spacial score (nSPS) is 20.9. The number of nitrogens with zero attached hydrogens (tertiary/aromatic N) is 3. The zero-order valence-electron chi connectivity index (χ0n) is 9.61. The molecular weight excluding hydrogens is 226 g/mol. The molecule has 1 aromatic heterocycles. The van der Waals surface area contributed by atoms with E-state index < -0.39 is 0 Å². The van der Waals surface area contributed by atoms with Gasteiger partial charge in [0.25, 0.3) is 0 Å². The van der Waals surface area contributed by atoms with Gasteiger partial charge in [0, 0.05) is 13.1 Å². The molecule has 0 aliphatic carbocycles. The molecule has 0 aromatic carbocycles. The van der Waals surface area contributed by atoms with Crippen LogP contribution in [0.3, 0.4) is 0 Å². The number of hydrogen-bond acceptors (Lipinski definition) is 4. The maximum atomic E-state index is 6.11. The van der Waals surface area contributed by atoms with Gasteiger partial charge in [-0.25, -0.2) is 4.98 Å². The maximum absolute atomic E-state index is 6.11. The zero-order chi connectivity index (χ0) is 11.5. The summed E-state index contributed by atoms with van der Waals surface area (Å²) in [4.78, 5) is 10.5. The monoisotopic (exact) mass is 241 g/mol. The standard InChI is InChI=1S/C11H16ClN3O/c1-8-4-3-5-15(7-8)10-9(12)6-13-11(14-10)16-2/h6,8H,3-5,7H2,1-2H3. The molecule has 0 N–H and O–H groups in total. The van der Waals surface area contributed by atoms with Gasteiger partial charge < -0.3 is 9.64 Å². The zero-order valence-corrected chi connectivity index (χ0v) is 10.4. The minimum absolute atomic E-state index is 0.373. The van der Waals surface area contributed by atoms with Gasteiger partial charge in [0.1, 0.15) is 5.02 Å². The largest absolute Gasteiger partial charge is 0.467 e. The van der Waals surface area contributed by atoms with Gasteiger partial charge in [-0.1, -0.05) is 18.5 Å². The van der Waals surface area contributed by atoms with E-state index in [1.54, 1.807) is 13.3 Å². The Balaban J connectivity index is 2.24. The van der Waals surface area contributed by atoms with Crippen LogP contribution >= 0.6 is 11.6 Å². The average molecular weight is 242 g/mol. The lowest BCUT2D eigenvalue weighted by atomic mass is 10.0. The van der Waals surface area contributed by atoms with E-state index in [4.69, 9.17) is 16.3 Å². The fraction of sp³-hybridized carbons (Fsp3) is 0.636. The van der Waals surface area contributed by atoms with Gasteiger partial charge in [-0.15, -0.1) is 0 Å². The lowest BCUT2D eigenvalue weighted by Gasteiger charge is -2.32. The third-order valence-corrected chi connectivity index (χ3v) is 3.11. The van der Waals surface area contributed by atoms with Crippen molar-refractivity contribution in [3.63, 3.8) is 0 Å². The smallest absolute Gasteiger partial charge is 0.318 e. The van der Waals surface area contributed by atoms with Gasteiger partial charge in [-0.2, -0.15) is 4.98 Å². The number of halogens is 1. The Labute approximate surface area is 101 Å². The number of aromatic nitrogens is 2. The summed E-state index contributed by atoms with van der Waals surface area (Å²) in [6.45, 7) is 4.25. The van der Waals surface area contributed by atoms with E-state index in [1.807, 2.05) is 0 Å². The second kappa shape index (κ2) is 4.87. The van der Waals surface area contributed by atoms with Crippen LogP contribution in [0, 0.1) is 5.92 Å². The molecule has 2 heterocycles. The fourth-order valence-corrected chi connectivity index (χ4v) is 2.25. The predicted molar refractivity (Wildman–Crippen MR) is 64.2 cm³/mol. The van der Waals surface area contributed by atoms with Crippen molar-refractivity contribution in [2.45, 2.75) is 19.8 Å². The van der Waals surface area contributed by atoms with Crippen LogP contribution in [0.5, 0.6) is 6.01 Å². The Kier molecular flexibility index (Phi) is 3.49. The third kappa shape index (κ3) is 2.38. The van der Waals surface area contributed by atoms with E-state index in [2.05, 4.69) is 21.8 Å². The highest BCUT2D eigenvalue weighted by molar-refractivity contribution is 6.32.